The quantitative estimate of drug-likeness (QED) is 0.826. The molecule has 21 heavy (non-hydrogen) atoms. The third-order valence-corrected chi connectivity index (χ3v) is 4.09. The number of pyridine rings is 1. The highest BCUT2D eigenvalue weighted by molar-refractivity contribution is 5.74. The topological polar surface area (TPSA) is 54.9 Å². The van der Waals surface area contributed by atoms with E-state index in [1.54, 1.807) is 31.4 Å². The zero-order chi connectivity index (χ0) is 14.8. The molecule has 0 aromatic carbocycles. The highest BCUT2D eigenvalue weighted by Crippen LogP contribution is 2.33. The highest BCUT2D eigenvalue weighted by atomic mass is 16.5. The second-order valence-corrected chi connectivity index (χ2v) is 5.70. The highest BCUT2D eigenvalue weighted by Gasteiger charge is 2.46. The molecular weight excluding hydrogens is 270 g/mol. The SMILES string of the molecule is CN(C)C(=O)N1CCO[C@H]2[C@H](Oc3cccnc3)CC[C@@H]21. The van der Waals surface area contributed by atoms with Crippen LogP contribution in [-0.4, -0.2) is 66.3 Å². The van der Waals surface area contributed by atoms with Crippen molar-refractivity contribution in [2.75, 3.05) is 27.2 Å². The average Bonchev–Trinajstić information content (AvgIpc) is 2.90. The Bertz CT molecular complexity index is 494. The van der Waals surface area contributed by atoms with E-state index in [1.807, 2.05) is 17.0 Å². The molecule has 0 unspecified atom stereocenters. The number of carbonyl (C=O) groups excluding carboxylic acids is 1. The number of carbonyl (C=O) groups is 1. The number of fused-ring (bicyclic) bond motifs is 1. The summed E-state index contributed by atoms with van der Waals surface area (Å²) in [6.07, 6.45) is 5.16. The van der Waals surface area contributed by atoms with Gasteiger partial charge in [0.25, 0.3) is 0 Å². The van der Waals surface area contributed by atoms with Gasteiger partial charge in [0, 0.05) is 26.8 Å². The van der Waals surface area contributed by atoms with Crippen molar-refractivity contribution in [3.63, 3.8) is 0 Å². The maximum absolute atomic E-state index is 12.3. The standard InChI is InChI=1S/C15H21N3O3/c1-17(2)15(19)18-8-9-20-14-12(18)5-6-13(14)21-11-4-3-7-16-10-11/h3-4,7,10,12-14H,5-6,8-9H2,1-2H3/t12-,13+,14+/m0/s1. The van der Waals surface area contributed by atoms with Crippen LogP contribution in [0, 0.1) is 0 Å². The molecule has 2 aliphatic rings. The number of morpholine rings is 1. The van der Waals surface area contributed by atoms with Gasteiger partial charge in [-0.05, 0) is 25.0 Å². The molecule has 1 aromatic heterocycles. The Balaban J connectivity index is 1.70. The van der Waals surface area contributed by atoms with Crippen LogP contribution in [0.3, 0.4) is 0 Å². The van der Waals surface area contributed by atoms with Crippen LogP contribution in [-0.2, 0) is 4.74 Å². The van der Waals surface area contributed by atoms with E-state index < -0.39 is 0 Å². The molecule has 1 aliphatic carbocycles. The van der Waals surface area contributed by atoms with Crippen molar-refractivity contribution in [2.24, 2.45) is 0 Å². The first-order valence-corrected chi connectivity index (χ1v) is 7.33. The maximum Gasteiger partial charge on any atom is 0.319 e. The normalized spacial score (nSPS) is 28.1. The zero-order valence-electron chi connectivity index (χ0n) is 12.4. The van der Waals surface area contributed by atoms with Gasteiger partial charge in [0.1, 0.15) is 18.0 Å². The molecule has 3 atom stereocenters. The number of nitrogens with zero attached hydrogens (tertiary/aromatic N) is 3. The number of rotatable bonds is 2. The van der Waals surface area contributed by atoms with Crippen LogP contribution in [0.25, 0.3) is 0 Å². The Morgan fingerprint density at radius 3 is 3.05 bits per heavy atom. The van der Waals surface area contributed by atoms with Gasteiger partial charge >= 0.3 is 6.03 Å². The summed E-state index contributed by atoms with van der Waals surface area (Å²) in [7, 11) is 3.57. The van der Waals surface area contributed by atoms with E-state index in [9.17, 15) is 4.79 Å². The summed E-state index contributed by atoms with van der Waals surface area (Å²) < 4.78 is 11.9. The summed E-state index contributed by atoms with van der Waals surface area (Å²) in [5.41, 5.74) is 0. The third-order valence-electron chi connectivity index (χ3n) is 4.09. The molecular formula is C15H21N3O3. The zero-order valence-corrected chi connectivity index (χ0v) is 12.4. The van der Waals surface area contributed by atoms with Crippen molar-refractivity contribution < 1.29 is 14.3 Å². The molecule has 6 nitrogen and oxygen atoms in total. The van der Waals surface area contributed by atoms with Gasteiger partial charge in [0.05, 0.1) is 18.8 Å². The molecule has 114 valence electrons. The second-order valence-electron chi connectivity index (χ2n) is 5.70. The Hall–Kier alpha value is -1.82. The Labute approximate surface area is 124 Å². The van der Waals surface area contributed by atoms with Crippen LogP contribution in [0.1, 0.15) is 12.8 Å². The van der Waals surface area contributed by atoms with E-state index in [0.29, 0.717) is 13.2 Å². The van der Waals surface area contributed by atoms with Gasteiger partial charge in [0.15, 0.2) is 0 Å². The van der Waals surface area contributed by atoms with Crippen LogP contribution in [0.5, 0.6) is 5.75 Å². The smallest absolute Gasteiger partial charge is 0.319 e. The van der Waals surface area contributed by atoms with E-state index in [0.717, 1.165) is 18.6 Å². The second kappa shape index (κ2) is 5.89. The van der Waals surface area contributed by atoms with Crippen molar-refractivity contribution >= 4 is 6.03 Å². The molecule has 0 N–H and O–H groups in total. The Morgan fingerprint density at radius 1 is 1.48 bits per heavy atom. The van der Waals surface area contributed by atoms with Crippen LogP contribution < -0.4 is 4.74 Å². The summed E-state index contributed by atoms with van der Waals surface area (Å²) in [5, 5.41) is 0. The lowest BCUT2D eigenvalue weighted by Gasteiger charge is -2.40. The van der Waals surface area contributed by atoms with E-state index in [2.05, 4.69) is 4.98 Å². The summed E-state index contributed by atoms with van der Waals surface area (Å²) in [6.45, 7) is 1.21. The molecule has 0 spiro atoms. The van der Waals surface area contributed by atoms with Crippen LogP contribution in [0.2, 0.25) is 0 Å². The number of amides is 2. The number of hydrogen-bond acceptors (Lipinski definition) is 4. The minimum atomic E-state index is -0.0529. The number of ether oxygens (including phenoxy) is 2. The molecule has 3 rings (SSSR count). The van der Waals surface area contributed by atoms with Crippen LogP contribution >= 0.6 is 0 Å². The van der Waals surface area contributed by atoms with Crippen molar-refractivity contribution in [1.29, 1.82) is 0 Å². The van der Waals surface area contributed by atoms with Gasteiger partial charge in [0.2, 0.25) is 0 Å². The van der Waals surface area contributed by atoms with Crippen molar-refractivity contribution in [3.05, 3.63) is 24.5 Å². The van der Waals surface area contributed by atoms with Gasteiger partial charge in [-0.25, -0.2) is 4.79 Å². The first-order valence-electron chi connectivity index (χ1n) is 7.33. The molecule has 2 heterocycles. The maximum atomic E-state index is 12.3. The van der Waals surface area contributed by atoms with E-state index in [4.69, 9.17) is 9.47 Å². The Kier molecular flexibility index (Phi) is 3.96. The van der Waals surface area contributed by atoms with E-state index in [-0.39, 0.29) is 24.3 Å². The average molecular weight is 291 g/mol. The number of urea groups is 1. The molecule has 6 heteroatoms. The lowest BCUT2D eigenvalue weighted by atomic mass is 10.1. The van der Waals surface area contributed by atoms with Gasteiger partial charge in [-0.1, -0.05) is 0 Å². The van der Waals surface area contributed by atoms with Gasteiger partial charge in [-0.15, -0.1) is 0 Å². The first-order chi connectivity index (χ1) is 10.2. The fraction of sp³-hybridized carbons (Fsp3) is 0.600. The summed E-state index contributed by atoms with van der Waals surface area (Å²) >= 11 is 0. The molecule has 1 aromatic rings. The molecule has 1 saturated heterocycles. The first kappa shape index (κ1) is 14.1. The summed E-state index contributed by atoms with van der Waals surface area (Å²) in [5.74, 6) is 0.753. The van der Waals surface area contributed by atoms with Gasteiger partial charge in [-0.3, -0.25) is 4.98 Å². The largest absolute Gasteiger partial charge is 0.486 e. The van der Waals surface area contributed by atoms with Gasteiger partial charge in [-0.2, -0.15) is 0 Å². The molecule has 0 bridgehead atoms. The lowest BCUT2D eigenvalue weighted by molar-refractivity contribution is -0.0778. The lowest BCUT2D eigenvalue weighted by Crippen LogP contribution is -2.56. The fourth-order valence-corrected chi connectivity index (χ4v) is 3.13. The predicted octanol–water partition coefficient (Wildman–Crippen LogP) is 1.37. The summed E-state index contributed by atoms with van der Waals surface area (Å²) in [4.78, 5) is 19.9. The van der Waals surface area contributed by atoms with Gasteiger partial charge < -0.3 is 19.3 Å². The summed E-state index contributed by atoms with van der Waals surface area (Å²) in [6, 6.07) is 3.91. The minimum Gasteiger partial charge on any atom is -0.486 e. The van der Waals surface area contributed by atoms with E-state index >= 15 is 0 Å². The number of aromatic nitrogens is 1. The van der Waals surface area contributed by atoms with Crippen molar-refractivity contribution in [2.45, 2.75) is 31.1 Å². The molecule has 2 fully saturated rings. The molecule has 2 amide bonds. The van der Waals surface area contributed by atoms with Crippen LogP contribution in [0.15, 0.2) is 24.5 Å². The monoisotopic (exact) mass is 291 g/mol. The number of hydrogen-bond donors (Lipinski definition) is 0. The Morgan fingerprint density at radius 2 is 2.33 bits per heavy atom. The molecule has 1 saturated carbocycles. The van der Waals surface area contributed by atoms with Crippen LogP contribution in [0.4, 0.5) is 4.79 Å². The molecule has 1 aliphatic heterocycles. The van der Waals surface area contributed by atoms with Crippen molar-refractivity contribution in [3.8, 4) is 5.75 Å². The predicted molar refractivity (Wildman–Crippen MR) is 77.2 cm³/mol. The minimum absolute atomic E-state index is 0.0167. The molecule has 0 radical (unpaired) electrons. The third kappa shape index (κ3) is 2.81. The fourth-order valence-electron chi connectivity index (χ4n) is 3.13. The van der Waals surface area contributed by atoms with E-state index in [1.165, 1.54) is 0 Å². The van der Waals surface area contributed by atoms with Crippen molar-refractivity contribution in [1.82, 2.24) is 14.8 Å².